The van der Waals surface area contributed by atoms with E-state index in [9.17, 15) is 17.6 Å². The number of halogens is 5. The molecule has 2 aromatic carbocycles. The molecule has 0 saturated heterocycles. The van der Waals surface area contributed by atoms with E-state index in [0.29, 0.717) is 5.75 Å². The van der Waals surface area contributed by atoms with Crippen LogP contribution in [0.1, 0.15) is 0 Å². The van der Waals surface area contributed by atoms with Crippen molar-refractivity contribution in [3.8, 4) is 5.75 Å². The smallest absolute Gasteiger partial charge is 0.185 e. The van der Waals surface area contributed by atoms with E-state index in [1.165, 1.54) is 0 Å². The van der Waals surface area contributed by atoms with Crippen molar-refractivity contribution in [2.24, 2.45) is 0 Å². The Morgan fingerprint density at radius 3 is 2.10 bits per heavy atom. The van der Waals surface area contributed by atoms with E-state index in [1.54, 1.807) is 24.3 Å². The second kappa shape index (κ2) is 6.80. The van der Waals surface area contributed by atoms with Crippen LogP contribution in [0.2, 0.25) is 0 Å². The second-order valence-corrected chi connectivity index (χ2v) is 4.99. The van der Waals surface area contributed by atoms with E-state index in [4.69, 9.17) is 4.74 Å². The molecule has 0 aliphatic rings. The zero-order valence-electron chi connectivity index (χ0n) is 10.6. The van der Waals surface area contributed by atoms with Crippen molar-refractivity contribution in [1.82, 2.24) is 0 Å². The Balaban J connectivity index is 1.93. The molecule has 0 heterocycles. The Kier molecular flexibility index (Phi) is 5.06. The molecule has 0 atom stereocenters. The minimum Gasteiger partial charge on any atom is -0.492 e. The molecule has 0 aromatic heterocycles. The third-order valence-corrected chi connectivity index (χ3v) is 3.13. The van der Waals surface area contributed by atoms with Crippen LogP contribution in [0.15, 0.2) is 34.8 Å². The molecule has 0 spiro atoms. The molecular weight excluding hydrogens is 354 g/mol. The number of rotatable bonds is 5. The van der Waals surface area contributed by atoms with Gasteiger partial charge >= 0.3 is 0 Å². The molecule has 0 bridgehead atoms. The van der Waals surface area contributed by atoms with Crippen molar-refractivity contribution in [1.29, 1.82) is 0 Å². The van der Waals surface area contributed by atoms with E-state index >= 15 is 0 Å². The van der Waals surface area contributed by atoms with Crippen LogP contribution < -0.4 is 10.1 Å². The van der Waals surface area contributed by atoms with Gasteiger partial charge in [0, 0.05) is 17.1 Å². The molecule has 0 saturated carbocycles. The summed E-state index contributed by atoms with van der Waals surface area (Å²) in [5.74, 6) is -5.27. The van der Waals surface area contributed by atoms with Gasteiger partial charge in [-0.25, -0.2) is 17.6 Å². The zero-order chi connectivity index (χ0) is 15.4. The van der Waals surface area contributed by atoms with E-state index in [0.717, 1.165) is 4.47 Å². The third kappa shape index (κ3) is 3.87. The monoisotopic (exact) mass is 363 g/mol. The van der Waals surface area contributed by atoms with E-state index in [2.05, 4.69) is 21.2 Å². The van der Waals surface area contributed by atoms with E-state index < -0.39 is 29.0 Å². The van der Waals surface area contributed by atoms with Crippen LogP contribution in [-0.2, 0) is 0 Å². The van der Waals surface area contributed by atoms with Gasteiger partial charge in [-0.3, -0.25) is 0 Å². The average Bonchev–Trinajstić information content (AvgIpc) is 2.46. The van der Waals surface area contributed by atoms with Crippen LogP contribution in [-0.4, -0.2) is 13.2 Å². The number of hydrogen-bond acceptors (Lipinski definition) is 2. The maximum atomic E-state index is 13.3. The standard InChI is InChI=1S/C14H10BrF4NO/c15-8-1-3-9(4-2-8)21-6-5-20-14-12(18)10(16)7-11(17)13(14)19/h1-4,7,20H,5-6H2. The fourth-order valence-corrected chi connectivity index (χ4v) is 1.87. The number of benzene rings is 2. The number of hydrogen-bond donors (Lipinski definition) is 1. The Bertz CT molecular complexity index is 608. The van der Waals surface area contributed by atoms with E-state index in [-0.39, 0.29) is 19.2 Å². The Morgan fingerprint density at radius 1 is 0.952 bits per heavy atom. The topological polar surface area (TPSA) is 21.3 Å². The fraction of sp³-hybridized carbons (Fsp3) is 0.143. The summed E-state index contributed by atoms with van der Waals surface area (Å²) >= 11 is 3.27. The van der Waals surface area contributed by atoms with Gasteiger partial charge in [0.05, 0.1) is 0 Å². The van der Waals surface area contributed by atoms with Crippen molar-refractivity contribution < 1.29 is 22.3 Å². The van der Waals surface area contributed by atoms with Gasteiger partial charge < -0.3 is 10.1 Å². The molecule has 0 aliphatic carbocycles. The molecule has 7 heteroatoms. The normalized spacial score (nSPS) is 10.5. The largest absolute Gasteiger partial charge is 0.492 e. The quantitative estimate of drug-likeness (QED) is 0.479. The molecule has 2 aromatic rings. The summed E-state index contributed by atoms with van der Waals surface area (Å²) in [4.78, 5) is 0. The van der Waals surface area contributed by atoms with Gasteiger partial charge in [-0.05, 0) is 24.3 Å². The predicted octanol–water partition coefficient (Wildman–Crippen LogP) is 4.50. The minimum absolute atomic E-state index is 0.0210. The summed E-state index contributed by atoms with van der Waals surface area (Å²) in [5.41, 5.74) is -0.841. The molecule has 0 aliphatic heterocycles. The zero-order valence-corrected chi connectivity index (χ0v) is 12.2. The SMILES string of the molecule is Fc1cc(F)c(F)c(NCCOc2ccc(Br)cc2)c1F. The minimum atomic E-state index is -1.46. The lowest BCUT2D eigenvalue weighted by atomic mass is 10.2. The molecule has 112 valence electrons. The van der Waals surface area contributed by atoms with Crippen LogP contribution in [0, 0.1) is 23.3 Å². The molecule has 21 heavy (non-hydrogen) atoms. The van der Waals surface area contributed by atoms with Gasteiger partial charge in [-0.15, -0.1) is 0 Å². The Hall–Kier alpha value is -1.76. The highest BCUT2D eigenvalue weighted by Gasteiger charge is 2.18. The van der Waals surface area contributed by atoms with E-state index in [1.807, 2.05) is 0 Å². The van der Waals surface area contributed by atoms with Gasteiger partial charge in [-0.2, -0.15) is 0 Å². The lowest BCUT2D eigenvalue weighted by molar-refractivity contribution is 0.332. The number of anilines is 1. The van der Waals surface area contributed by atoms with Crippen LogP contribution in [0.5, 0.6) is 5.75 Å². The number of nitrogens with one attached hydrogen (secondary N) is 1. The van der Waals surface area contributed by atoms with Crippen LogP contribution in [0.25, 0.3) is 0 Å². The van der Waals surface area contributed by atoms with Crippen molar-refractivity contribution in [3.05, 3.63) is 58.1 Å². The maximum absolute atomic E-state index is 13.3. The van der Waals surface area contributed by atoms with Gasteiger partial charge in [0.1, 0.15) is 18.0 Å². The van der Waals surface area contributed by atoms with Gasteiger partial charge in [0.25, 0.3) is 0 Å². The molecule has 0 radical (unpaired) electrons. The summed E-state index contributed by atoms with van der Waals surface area (Å²) in [6.45, 7) is 0.0471. The molecule has 0 amide bonds. The lowest BCUT2D eigenvalue weighted by Crippen LogP contribution is -2.14. The van der Waals surface area contributed by atoms with Gasteiger partial charge in [-0.1, -0.05) is 15.9 Å². The Labute approximate surface area is 126 Å². The van der Waals surface area contributed by atoms with Crippen molar-refractivity contribution in [2.45, 2.75) is 0 Å². The number of ether oxygens (including phenoxy) is 1. The maximum Gasteiger partial charge on any atom is 0.185 e. The van der Waals surface area contributed by atoms with Crippen LogP contribution in [0.3, 0.4) is 0 Å². The molecular formula is C14H10BrF4NO. The van der Waals surface area contributed by atoms with Crippen molar-refractivity contribution in [2.75, 3.05) is 18.5 Å². The summed E-state index contributed by atoms with van der Waals surface area (Å²) < 4.78 is 58.8. The summed E-state index contributed by atoms with van der Waals surface area (Å²) in [6, 6.07) is 7.10. The highest BCUT2D eigenvalue weighted by atomic mass is 79.9. The van der Waals surface area contributed by atoms with Gasteiger partial charge in [0.2, 0.25) is 0 Å². The summed E-state index contributed by atoms with van der Waals surface area (Å²) in [6.07, 6.45) is 0. The lowest BCUT2D eigenvalue weighted by Gasteiger charge is -2.11. The fourth-order valence-electron chi connectivity index (χ4n) is 1.60. The molecule has 1 N–H and O–H groups in total. The molecule has 0 fully saturated rings. The predicted molar refractivity (Wildman–Crippen MR) is 74.4 cm³/mol. The highest BCUT2D eigenvalue weighted by molar-refractivity contribution is 9.10. The Morgan fingerprint density at radius 2 is 1.52 bits per heavy atom. The molecule has 0 unspecified atom stereocenters. The first-order valence-corrected chi connectivity index (χ1v) is 6.73. The molecule has 2 nitrogen and oxygen atoms in total. The first kappa shape index (κ1) is 15.6. The average molecular weight is 364 g/mol. The third-order valence-electron chi connectivity index (χ3n) is 2.60. The van der Waals surface area contributed by atoms with Crippen molar-refractivity contribution >= 4 is 21.6 Å². The summed E-state index contributed by atoms with van der Waals surface area (Å²) in [5, 5.41) is 2.28. The highest BCUT2D eigenvalue weighted by Crippen LogP contribution is 2.24. The first-order valence-electron chi connectivity index (χ1n) is 5.94. The molecule has 2 rings (SSSR count). The second-order valence-electron chi connectivity index (χ2n) is 4.07. The summed E-state index contributed by atoms with van der Waals surface area (Å²) in [7, 11) is 0. The first-order chi connectivity index (χ1) is 9.99. The van der Waals surface area contributed by atoms with Crippen LogP contribution in [0.4, 0.5) is 23.2 Å². The van der Waals surface area contributed by atoms with Crippen LogP contribution >= 0.6 is 15.9 Å². The van der Waals surface area contributed by atoms with Gasteiger partial charge in [0.15, 0.2) is 23.3 Å². The van der Waals surface area contributed by atoms with Crippen molar-refractivity contribution in [3.63, 3.8) is 0 Å².